The minimum Gasteiger partial charge on any atom is -0.399 e. The van der Waals surface area contributed by atoms with Crippen molar-refractivity contribution in [1.29, 1.82) is 0 Å². The topological polar surface area (TPSA) is 26.0 Å². The van der Waals surface area contributed by atoms with Crippen LogP contribution < -0.4 is 5.73 Å². The van der Waals surface area contributed by atoms with Gasteiger partial charge in [-0.3, -0.25) is 0 Å². The second-order valence-electron chi connectivity index (χ2n) is 7.23. The number of fused-ring (bicyclic) bond motifs is 1. The van der Waals surface area contributed by atoms with Gasteiger partial charge in [-0.25, -0.2) is 0 Å². The molecule has 0 aliphatic carbocycles. The fourth-order valence-electron chi connectivity index (χ4n) is 3.87. The summed E-state index contributed by atoms with van der Waals surface area (Å²) in [4.78, 5) is 0. The largest absolute Gasteiger partial charge is 0.399 e. The van der Waals surface area contributed by atoms with E-state index in [-0.39, 0.29) is 0 Å². The summed E-state index contributed by atoms with van der Waals surface area (Å²) in [6.07, 6.45) is 3.24. The number of benzene rings is 4. The quantitative estimate of drug-likeness (QED) is 0.401. The van der Waals surface area contributed by atoms with Crippen LogP contribution in [0.3, 0.4) is 0 Å². The van der Waals surface area contributed by atoms with Crippen molar-refractivity contribution in [2.24, 2.45) is 0 Å². The van der Waals surface area contributed by atoms with Gasteiger partial charge in [0, 0.05) is 5.69 Å². The van der Waals surface area contributed by atoms with Crippen LogP contribution >= 0.6 is 0 Å². The maximum absolute atomic E-state index is 5.83. The van der Waals surface area contributed by atoms with E-state index in [1.165, 1.54) is 27.5 Å². The van der Waals surface area contributed by atoms with Gasteiger partial charge in [-0.05, 0) is 64.8 Å². The van der Waals surface area contributed by atoms with E-state index < -0.39 is 0 Å². The van der Waals surface area contributed by atoms with E-state index in [9.17, 15) is 0 Å². The number of hydrogen-bond donors (Lipinski definition) is 1. The summed E-state index contributed by atoms with van der Waals surface area (Å²) in [6, 6.07) is 34.6. The Bertz CT molecular complexity index is 998. The summed E-state index contributed by atoms with van der Waals surface area (Å²) in [6.45, 7) is 0. The van der Waals surface area contributed by atoms with Gasteiger partial charge < -0.3 is 5.73 Å². The number of anilines is 1. The predicted molar refractivity (Wildman–Crippen MR) is 116 cm³/mol. The average molecular weight is 351 g/mol. The van der Waals surface area contributed by atoms with Crippen molar-refractivity contribution in [2.45, 2.75) is 25.2 Å². The lowest BCUT2D eigenvalue weighted by atomic mass is 9.85. The molecule has 1 nitrogen and oxygen atoms in total. The molecule has 0 radical (unpaired) electrons. The van der Waals surface area contributed by atoms with E-state index >= 15 is 0 Å². The van der Waals surface area contributed by atoms with E-state index in [2.05, 4.69) is 84.9 Å². The fourth-order valence-corrected chi connectivity index (χ4v) is 3.87. The van der Waals surface area contributed by atoms with Crippen molar-refractivity contribution in [1.82, 2.24) is 0 Å². The molecule has 0 heterocycles. The Morgan fingerprint density at radius 1 is 0.667 bits per heavy atom. The lowest BCUT2D eigenvalue weighted by Gasteiger charge is -2.19. The van der Waals surface area contributed by atoms with E-state index in [1.807, 2.05) is 12.1 Å². The maximum Gasteiger partial charge on any atom is 0.0314 e. The molecule has 4 aromatic rings. The summed E-state index contributed by atoms with van der Waals surface area (Å²) < 4.78 is 0. The Labute approximate surface area is 161 Å². The molecule has 0 bridgehead atoms. The Kier molecular flexibility index (Phi) is 5.20. The minimum atomic E-state index is 0.495. The molecular weight excluding hydrogens is 326 g/mol. The third-order valence-electron chi connectivity index (χ3n) is 5.38. The molecule has 4 aromatic carbocycles. The molecule has 2 N–H and O–H groups in total. The number of hydrogen-bond acceptors (Lipinski definition) is 1. The normalized spacial score (nSPS) is 12.1. The van der Waals surface area contributed by atoms with Crippen molar-refractivity contribution < 1.29 is 0 Å². The van der Waals surface area contributed by atoms with Gasteiger partial charge in [0.1, 0.15) is 0 Å². The highest BCUT2D eigenvalue weighted by atomic mass is 14.5. The smallest absolute Gasteiger partial charge is 0.0314 e. The number of aryl methyl sites for hydroxylation is 1. The summed E-state index contributed by atoms with van der Waals surface area (Å²) in [5, 5.41) is 2.69. The number of nitrogen functional groups attached to an aromatic ring is 1. The lowest BCUT2D eigenvalue weighted by Crippen LogP contribution is -2.05. The van der Waals surface area contributed by atoms with Crippen LogP contribution in [0.25, 0.3) is 10.8 Å². The summed E-state index contributed by atoms with van der Waals surface area (Å²) in [7, 11) is 0. The fraction of sp³-hybridized carbons (Fsp3) is 0.154. The van der Waals surface area contributed by atoms with E-state index in [0.717, 1.165) is 24.9 Å². The average Bonchev–Trinajstić information content (AvgIpc) is 2.73. The van der Waals surface area contributed by atoms with Crippen molar-refractivity contribution in [3.63, 3.8) is 0 Å². The molecule has 0 aliphatic heterocycles. The molecule has 0 saturated carbocycles. The molecule has 1 heteroatoms. The molecule has 0 amide bonds. The predicted octanol–water partition coefficient (Wildman–Crippen LogP) is 6.38. The van der Waals surface area contributed by atoms with Crippen molar-refractivity contribution in [3.8, 4) is 0 Å². The van der Waals surface area contributed by atoms with Crippen LogP contribution in [0.15, 0.2) is 97.1 Å². The third kappa shape index (κ3) is 4.20. The van der Waals surface area contributed by atoms with Crippen LogP contribution in [-0.2, 0) is 12.8 Å². The second-order valence-corrected chi connectivity index (χ2v) is 7.23. The third-order valence-corrected chi connectivity index (χ3v) is 5.38. The van der Waals surface area contributed by atoms with Crippen LogP contribution in [0, 0.1) is 0 Å². The zero-order valence-electron chi connectivity index (χ0n) is 15.5. The van der Waals surface area contributed by atoms with Gasteiger partial charge in [-0.2, -0.15) is 0 Å². The monoisotopic (exact) mass is 351 g/mol. The molecule has 0 spiro atoms. The molecule has 4 rings (SSSR count). The van der Waals surface area contributed by atoms with Crippen molar-refractivity contribution >= 4 is 16.5 Å². The maximum atomic E-state index is 5.83. The summed E-state index contributed by atoms with van der Waals surface area (Å²) >= 11 is 0. The first-order chi connectivity index (χ1) is 13.3. The van der Waals surface area contributed by atoms with Crippen molar-refractivity contribution in [2.75, 3.05) is 5.73 Å². The van der Waals surface area contributed by atoms with Gasteiger partial charge in [0.15, 0.2) is 0 Å². The molecule has 134 valence electrons. The minimum absolute atomic E-state index is 0.495. The molecule has 1 unspecified atom stereocenters. The first-order valence-electron chi connectivity index (χ1n) is 9.65. The van der Waals surface area contributed by atoms with Gasteiger partial charge >= 0.3 is 0 Å². The highest BCUT2D eigenvalue weighted by molar-refractivity contribution is 5.85. The van der Waals surface area contributed by atoms with Gasteiger partial charge in [0.05, 0.1) is 0 Å². The molecule has 0 aliphatic rings. The first-order valence-corrected chi connectivity index (χ1v) is 9.65. The van der Waals surface area contributed by atoms with E-state index in [1.54, 1.807) is 0 Å². The molecule has 27 heavy (non-hydrogen) atoms. The zero-order chi connectivity index (χ0) is 18.5. The van der Waals surface area contributed by atoms with E-state index in [4.69, 9.17) is 5.73 Å². The van der Waals surface area contributed by atoms with Crippen LogP contribution in [0.4, 0.5) is 5.69 Å². The Morgan fingerprint density at radius 3 is 2.19 bits per heavy atom. The lowest BCUT2D eigenvalue weighted by molar-refractivity contribution is 0.623. The van der Waals surface area contributed by atoms with Crippen LogP contribution in [0.2, 0.25) is 0 Å². The Balaban J connectivity index is 1.61. The van der Waals surface area contributed by atoms with Gasteiger partial charge in [0.25, 0.3) is 0 Å². The SMILES string of the molecule is Nc1ccc(CCC(Cc2cccc3ccccc23)c2ccccc2)cc1. The first kappa shape index (κ1) is 17.4. The Hall–Kier alpha value is -3.06. The molecular formula is C26H25N. The summed E-state index contributed by atoms with van der Waals surface area (Å²) in [5.74, 6) is 0.495. The molecule has 0 saturated heterocycles. The van der Waals surface area contributed by atoms with Crippen LogP contribution in [-0.4, -0.2) is 0 Å². The standard InChI is InChI=1S/C26H25N/c27-25-17-14-20(15-18-25)13-16-23(21-7-2-1-3-8-21)19-24-11-6-10-22-9-4-5-12-26(22)24/h1-12,14-15,17-18,23H,13,16,19,27H2. The van der Waals surface area contributed by atoms with Crippen molar-refractivity contribution in [3.05, 3.63) is 114 Å². The second kappa shape index (κ2) is 8.09. The molecule has 1 atom stereocenters. The Morgan fingerprint density at radius 2 is 1.37 bits per heavy atom. The van der Waals surface area contributed by atoms with E-state index in [0.29, 0.717) is 5.92 Å². The molecule has 0 fully saturated rings. The zero-order valence-corrected chi connectivity index (χ0v) is 15.5. The molecule has 0 aromatic heterocycles. The van der Waals surface area contributed by atoms with Gasteiger partial charge in [-0.1, -0.05) is 84.9 Å². The van der Waals surface area contributed by atoms with Crippen LogP contribution in [0.5, 0.6) is 0 Å². The number of nitrogens with two attached hydrogens (primary N) is 1. The van der Waals surface area contributed by atoms with Crippen LogP contribution in [0.1, 0.15) is 29.0 Å². The highest BCUT2D eigenvalue weighted by Gasteiger charge is 2.14. The van der Waals surface area contributed by atoms with Gasteiger partial charge in [0.2, 0.25) is 0 Å². The van der Waals surface area contributed by atoms with Gasteiger partial charge in [-0.15, -0.1) is 0 Å². The summed E-state index contributed by atoms with van der Waals surface area (Å²) in [5.41, 5.74) is 10.9. The highest BCUT2D eigenvalue weighted by Crippen LogP contribution is 2.29. The number of rotatable bonds is 6.